The minimum absolute atomic E-state index is 0.565. The third kappa shape index (κ3) is 1.43. The molecule has 0 amide bonds. The standard InChI is InChI=1S/C9H9ClO/c1-6-3-4-8(5-11)9(10)7(6)2/h3-5H,1-2H3. The van der Waals surface area contributed by atoms with Gasteiger partial charge in [-0.15, -0.1) is 0 Å². The summed E-state index contributed by atoms with van der Waals surface area (Å²) in [6, 6.07) is 3.63. The normalized spacial score (nSPS) is 9.73. The third-order valence-electron chi connectivity index (χ3n) is 1.81. The maximum atomic E-state index is 10.4. The number of aryl methyl sites for hydroxylation is 1. The van der Waals surface area contributed by atoms with Gasteiger partial charge in [0, 0.05) is 5.56 Å². The van der Waals surface area contributed by atoms with Crippen LogP contribution in [0, 0.1) is 13.8 Å². The maximum absolute atomic E-state index is 10.4. The van der Waals surface area contributed by atoms with Crippen LogP contribution < -0.4 is 0 Å². The van der Waals surface area contributed by atoms with Crippen LogP contribution in [0.4, 0.5) is 0 Å². The van der Waals surface area contributed by atoms with Crippen molar-refractivity contribution >= 4 is 17.9 Å². The van der Waals surface area contributed by atoms with Crippen LogP contribution in [0.25, 0.3) is 0 Å². The second-order valence-electron chi connectivity index (χ2n) is 2.53. The molecule has 11 heavy (non-hydrogen) atoms. The van der Waals surface area contributed by atoms with Crippen LogP contribution >= 0.6 is 11.6 Å². The fourth-order valence-corrected chi connectivity index (χ4v) is 1.15. The van der Waals surface area contributed by atoms with Crippen LogP contribution in [0.2, 0.25) is 5.02 Å². The lowest BCUT2D eigenvalue weighted by atomic mass is 10.1. The summed E-state index contributed by atoms with van der Waals surface area (Å²) >= 11 is 5.87. The fraction of sp³-hybridized carbons (Fsp3) is 0.222. The Bertz CT molecular complexity index is 292. The van der Waals surface area contributed by atoms with Gasteiger partial charge >= 0.3 is 0 Å². The van der Waals surface area contributed by atoms with E-state index in [4.69, 9.17) is 11.6 Å². The predicted octanol–water partition coefficient (Wildman–Crippen LogP) is 2.77. The zero-order valence-corrected chi connectivity index (χ0v) is 7.27. The van der Waals surface area contributed by atoms with E-state index in [2.05, 4.69) is 0 Å². The van der Waals surface area contributed by atoms with E-state index in [0.29, 0.717) is 10.6 Å². The van der Waals surface area contributed by atoms with Gasteiger partial charge in [0.05, 0.1) is 5.02 Å². The molecular weight excluding hydrogens is 160 g/mol. The summed E-state index contributed by atoms with van der Waals surface area (Å²) in [6.45, 7) is 3.88. The van der Waals surface area contributed by atoms with Crippen LogP contribution in [0.3, 0.4) is 0 Å². The van der Waals surface area contributed by atoms with Gasteiger partial charge in [0.15, 0.2) is 6.29 Å². The monoisotopic (exact) mass is 168 g/mol. The molecule has 0 saturated carbocycles. The molecule has 1 nitrogen and oxygen atoms in total. The molecule has 0 saturated heterocycles. The van der Waals surface area contributed by atoms with Crippen LogP contribution in [-0.4, -0.2) is 6.29 Å². The van der Waals surface area contributed by atoms with Crippen molar-refractivity contribution in [2.45, 2.75) is 13.8 Å². The predicted molar refractivity (Wildman–Crippen MR) is 46.3 cm³/mol. The number of hydrogen-bond acceptors (Lipinski definition) is 1. The lowest BCUT2D eigenvalue weighted by Gasteiger charge is -2.03. The number of halogens is 1. The van der Waals surface area contributed by atoms with Gasteiger partial charge < -0.3 is 0 Å². The molecule has 0 aliphatic rings. The number of aldehydes is 1. The van der Waals surface area contributed by atoms with E-state index in [9.17, 15) is 4.79 Å². The second-order valence-corrected chi connectivity index (χ2v) is 2.91. The van der Waals surface area contributed by atoms with Gasteiger partial charge in [-0.05, 0) is 31.0 Å². The average molecular weight is 169 g/mol. The van der Waals surface area contributed by atoms with Crippen molar-refractivity contribution in [1.29, 1.82) is 0 Å². The molecule has 0 aliphatic heterocycles. The van der Waals surface area contributed by atoms with Crippen molar-refractivity contribution in [2.24, 2.45) is 0 Å². The number of benzene rings is 1. The molecule has 0 N–H and O–H groups in total. The van der Waals surface area contributed by atoms with Gasteiger partial charge in [0.25, 0.3) is 0 Å². The topological polar surface area (TPSA) is 17.1 Å². The van der Waals surface area contributed by atoms with E-state index in [1.807, 2.05) is 19.9 Å². The highest BCUT2D eigenvalue weighted by atomic mass is 35.5. The van der Waals surface area contributed by atoms with E-state index >= 15 is 0 Å². The van der Waals surface area contributed by atoms with Crippen LogP contribution in [0.5, 0.6) is 0 Å². The Morgan fingerprint density at radius 1 is 1.36 bits per heavy atom. The Labute approximate surface area is 71.0 Å². The lowest BCUT2D eigenvalue weighted by Crippen LogP contribution is -1.88. The largest absolute Gasteiger partial charge is 0.298 e. The van der Waals surface area contributed by atoms with E-state index in [1.165, 1.54) is 0 Å². The molecule has 0 fully saturated rings. The number of hydrogen-bond donors (Lipinski definition) is 0. The van der Waals surface area contributed by atoms with E-state index < -0.39 is 0 Å². The summed E-state index contributed by atoms with van der Waals surface area (Å²) in [4.78, 5) is 10.4. The Morgan fingerprint density at radius 2 is 2.00 bits per heavy atom. The van der Waals surface area contributed by atoms with Crippen molar-refractivity contribution in [3.05, 3.63) is 33.8 Å². The van der Waals surface area contributed by atoms with Crippen molar-refractivity contribution < 1.29 is 4.79 Å². The molecular formula is C9H9ClO. The zero-order valence-electron chi connectivity index (χ0n) is 6.52. The van der Waals surface area contributed by atoms with E-state index in [1.54, 1.807) is 6.07 Å². The van der Waals surface area contributed by atoms with Crippen molar-refractivity contribution in [2.75, 3.05) is 0 Å². The van der Waals surface area contributed by atoms with Gasteiger partial charge in [0.1, 0.15) is 0 Å². The van der Waals surface area contributed by atoms with E-state index in [0.717, 1.165) is 17.4 Å². The van der Waals surface area contributed by atoms with Crippen LogP contribution in [0.15, 0.2) is 12.1 Å². The Balaban J connectivity index is 3.36. The van der Waals surface area contributed by atoms with Crippen LogP contribution in [0.1, 0.15) is 21.5 Å². The molecule has 0 unspecified atom stereocenters. The molecule has 0 aliphatic carbocycles. The van der Waals surface area contributed by atoms with Crippen molar-refractivity contribution in [3.63, 3.8) is 0 Å². The van der Waals surface area contributed by atoms with Gasteiger partial charge in [-0.25, -0.2) is 0 Å². The van der Waals surface area contributed by atoms with Gasteiger partial charge in [0.2, 0.25) is 0 Å². The second kappa shape index (κ2) is 3.05. The molecule has 58 valence electrons. The Hall–Kier alpha value is -0.820. The Morgan fingerprint density at radius 3 is 2.55 bits per heavy atom. The molecule has 1 rings (SSSR count). The molecule has 1 aromatic carbocycles. The summed E-state index contributed by atoms with van der Waals surface area (Å²) in [5.74, 6) is 0. The molecule has 0 spiro atoms. The molecule has 2 heteroatoms. The lowest BCUT2D eigenvalue weighted by molar-refractivity contribution is 0.112. The SMILES string of the molecule is Cc1ccc(C=O)c(Cl)c1C. The Kier molecular flexibility index (Phi) is 2.30. The fourth-order valence-electron chi connectivity index (χ4n) is 0.894. The van der Waals surface area contributed by atoms with Gasteiger partial charge in [-0.2, -0.15) is 0 Å². The minimum Gasteiger partial charge on any atom is -0.298 e. The zero-order chi connectivity index (χ0) is 8.43. The first-order valence-electron chi connectivity index (χ1n) is 3.37. The molecule has 0 aromatic heterocycles. The summed E-state index contributed by atoms with van der Waals surface area (Å²) in [7, 11) is 0. The first-order valence-corrected chi connectivity index (χ1v) is 3.75. The maximum Gasteiger partial charge on any atom is 0.151 e. The highest BCUT2D eigenvalue weighted by molar-refractivity contribution is 6.33. The van der Waals surface area contributed by atoms with Gasteiger partial charge in [-0.3, -0.25) is 4.79 Å². The molecule has 0 radical (unpaired) electrons. The third-order valence-corrected chi connectivity index (χ3v) is 2.32. The highest BCUT2D eigenvalue weighted by Gasteiger charge is 2.03. The first kappa shape index (κ1) is 8.28. The summed E-state index contributed by atoms with van der Waals surface area (Å²) in [5.41, 5.74) is 2.66. The molecule has 0 atom stereocenters. The van der Waals surface area contributed by atoms with Crippen molar-refractivity contribution in [1.82, 2.24) is 0 Å². The first-order chi connectivity index (χ1) is 5.16. The molecule has 0 bridgehead atoms. The van der Waals surface area contributed by atoms with E-state index in [-0.39, 0.29) is 0 Å². The number of carbonyl (C=O) groups excluding carboxylic acids is 1. The highest BCUT2D eigenvalue weighted by Crippen LogP contribution is 2.21. The molecule has 1 aromatic rings. The summed E-state index contributed by atoms with van der Waals surface area (Å²) < 4.78 is 0. The average Bonchev–Trinajstić information content (AvgIpc) is 2.01. The smallest absolute Gasteiger partial charge is 0.151 e. The summed E-state index contributed by atoms with van der Waals surface area (Å²) in [5, 5.41) is 0.569. The van der Waals surface area contributed by atoms with Crippen molar-refractivity contribution in [3.8, 4) is 0 Å². The molecule has 0 heterocycles. The minimum atomic E-state index is 0.565. The summed E-state index contributed by atoms with van der Waals surface area (Å²) in [6.07, 6.45) is 0.773. The van der Waals surface area contributed by atoms with Gasteiger partial charge in [-0.1, -0.05) is 17.7 Å². The van der Waals surface area contributed by atoms with Crippen LogP contribution in [-0.2, 0) is 0 Å². The number of carbonyl (C=O) groups is 1. The quantitative estimate of drug-likeness (QED) is 0.590. The number of rotatable bonds is 1.